The Morgan fingerprint density at radius 1 is 1.27 bits per heavy atom. The van der Waals surface area contributed by atoms with Crippen molar-refractivity contribution in [3.8, 4) is 0 Å². The molecule has 0 saturated heterocycles. The first-order valence-electron chi connectivity index (χ1n) is 7.37. The van der Waals surface area contributed by atoms with Crippen LogP contribution in [0.3, 0.4) is 0 Å². The fraction of sp³-hybridized carbons (Fsp3) is 0.375. The molecule has 0 aliphatic rings. The lowest BCUT2D eigenvalue weighted by Crippen LogP contribution is -2.20. The molecule has 0 atom stereocenters. The van der Waals surface area contributed by atoms with Crippen LogP contribution in [0.15, 0.2) is 24.3 Å². The summed E-state index contributed by atoms with van der Waals surface area (Å²) in [7, 11) is 0. The van der Waals surface area contributed by atoms with Crippen LogP contribution >= 0.6 is 11.6 Å². The molecule has 1 amide bonds. The van der Waals surface area contributed by atoms with E-state index in [2.05, 4.69) is 22.5 Å². The second-order valence-electron chi connectivity index (χ2n) is 4.78. The minimum Gasteiger partial charge on any atom is -0.383 e. The number of benzene rings is 1. The maximum Gasteiger partial charge on any atom is 0.250 e. The quantitative estimate of drug-likeness (QED) is 0.763. The van der Waals surface area contributed by atoms with E-state index in [4.69, 9.17) is 16.3 Å². The Hall–Kier alpha value is -1.85. The third-order valence-electron chi connectivity index (χ3n) is 3.10. The summed E-state index contributed by atoms with van der Waals surface area (Å²) >= 11 is 6.26. The summed E-state index contributed by atoms with van der Waals surface area (Å²) in [5.74, 6) is -0.250. The number of anilines is 2. The fourth-order valence-electron chi connectivity index (χ4n) is 2.10. The van der Waals surface area contributed by atoms with Gasteiger partial charge in [0.05, 0.1) is 11.2 Å². The highest BCUT2D eigenvalue weighted by Crippen LogP contribution is 2.35. The number of fused-ring (bicyclic) bond motifs is 1. The lowest BCUT2D eigenvalue weighted by atomic mass is 10.1. The number of hydrogen-bond donors (Lipinski definition) is 2. The van der Waals surface area contributed by atoms with E-state index in [-0.39, 0.29) is 17.7 Å². The van der Waals surface area contributed by atoms with Crippen molar-refractivity contribution < 1.29 is 9.53 Å². The van der Waals surface area contributed by atoms with Crippen LogP contribution in [0.25, 0.3) is 10.9 Å². The van der Waals surface area contributed by atoms with Gasteiger partial charge < -0.3 is 15.4 Å². The highest BCUT2D eigenvalue weighted by Gasteiger charge is 2.16. The van der Waals surface area contributed by atoms with E-state index in [0.717, 1.165) is 29.6 Å². The number of nitrogens with one attached hydrogen (secondary N) is 2. The van der Waals surface area contributed by atoms with Crippen molar-refractivity contribution in [3.63, 3.8) is 0 Å². The van der Waals surface area contributed by atoms with Gasteiger partial charge in [0.1, 0.15) is 12.3 Å². The number of amides is 1. The predicted molar refractivity (Wildman–Crippen MR) is 90.7 cm³/mol. The van der Waals surface area contributed by atoms with Crippen LogP contribution in [-0.2, 0) is 9.53 Å². The molecule has 2 N–H and O–H groups in total. The van der Waals surface area contributed by atoms with Crippen LogP contribution in [-0.4, -0.2) is 30.6 Å². The molecule has 22 heavy (non-hydrogen) atoms. The molecule has 0 unspecified atom stereocenters. The van der Waals surface area contributed by atoms with Gasteiger partial charge in [0.25, 0.3) is 5.91 Å². The van der Waals surface area contributed by atoms with E-state index >= 15 is 0 Å². The van der Waals surface area contributed by atoms with Gasteiger partial charge in [0.15, 0.2) is 5.15 Å². The summed E-state index contributed by atoms with van der Waals surface area (Å²) in [6, 6.07) is 7.68. The standard InChI is InChI=1S/C16H20ClN3O2/c1-3-9-18-14-11-7-5-6-8-12(11)19-16(17)15(14)20-13(21)10-22-4-2/h5-8H,3-4,9-10H2,1-2H3,(H,18,19)(H,20,21). The minimum absolute atomic E-state index is 0.00707. The van der Waals surface area contributed by atoms with Crippen molar-refractivity contribution in [2.24, 2.45) is 0 Å². The molecular formula is C16H20ClN3O2. The Morgan fingerprint density at radius 2 is 2.05 bits per heavy atom. The molecule has 0 spiro atoms. The molecule has 6 heteroatoms. The number of ether oxygens (including phenoxy) is 1. The lowest BCUT2D eigenvalue weighted by molar-refractivity contribution is -0.120. The number of carbonyl (C=O) groups is 1. The Morgan fingerprint density at radius 3 is 2.77 bits per heavy atom. The van der Waals surface area contributed by atoms with Crippen LogP contribution in [0, 0.1) is 0 Å². The highest BCUT2D eigenvalue weighted by atomic mass is 35.5. The summed E-state index contributed by atoms with van der Waals surface area (Å²) in [4.78, 5) is 16.3. The monoisotopic (exact) mass is 321 g/mol. The molecule has 0 aliphatic carbocycles. The molecule has 0 aliphatic heterocycles. The number of halogens is 1. The van der Waals surface area contributed by atoms with Crippen LogP contribution in [0.5, 0.6) is 0 Å². The normalized spacial score (nSPS) is 10.7. The Kier molecular flexibility index (Phi) is 5.98. The number of carbonyl (C=O) groups excluding carboxylic acids is 1. The second kappa shape index (κ2) is 7.96. The van der Waals surface area contributed by atoms with Gasteiger partial charge in [0, 0.05) is 18.5 Å². The van der Waals surface area contributed by atoms with Gasteiger partial charge in [-0.3, -0.25) is 4.79 Å². The molecule has 1 aromatic heterocycles. The molecule has 1 aromatic carbocycles. The zero-order valence-corrected chi connectivity index (χ0v) is 13.5. The summed E-state index contributed by atoms with van der Waals surface area (Å²) in [5.41, 5.74) is 2.08. The zero-order valence-electron chi connectivity index (χ0n) is 12.8. The van der Waals surface area contributed by atoms with Crippen LogP contribution in [0.2, 0.25) is 5.15 Å². The molecule has 5 nitrogen and oxygen atoms in total. The van der Waals surface area contributed by atoms with Gasteiger partial charge >= 0.3 is 0 Å². The Labute approximate surface area is 135 Å². The van der Waals surface area contributed by atoms with Gasteiger partial charge in [-0.1, -0.05) is 36.7 Å². The van der Waals surface area contributed by atoms with Crippen molar-refractivity contribution in [1.29, 1.82) is 0 Å². The number of hydrogen-bond acceptors (Lipinski definition) is 4. The molecule has 2 aromatic rings. The largest absolute Gasteiger partial charge is 0.383 e. The maximum absolute atomic E-state index is 11.9. The van der Waals surface area contributed by atoms with Crippen molar-refractivity contribution in [2.45, 2.75) is 20.3 Å². The molecule has 118 valence electrons. The molecule has 1 heterocycles. The number of nitrogens with zero attached hydrogens (tertiary/aromatic N) is 1. The molecule has 0 saturated carbocycles. The van der Waals surface area contributed by atoms with Gasteiger partial charge in [-0.15, -0.1) is 0 Å². The number of pyridine rings is 1. The van der Waals surface area contributed by atoms with E-state index in [0.29, 0.717) is 12.3 Å². The molecule has 0 radical (unpaired) electrons. The first-order chi connectivity index (χ1) is 10.7. The highest BCUT2D eigenvalue weighted by molar-refractivity contribution is 6.34. The second-order valence-corrected chi connectivity index (χ2v) is 5.14. The van der Waals surface area contributed by atoms with Gasteiger partial charge in [0.2, 0.25) is 0 Å². The first kappa shape index (κ1) is 16.5. The third kappa shape index (κ3) is 3.87. The minimum atomic E-state index is -0.250. The van der Waals surface area contributed by atoms with E-state index in [9.17, 15) is 4.79 Å². The summed E-state index contributed by atoms with van der Waals surface area (Å²) in [6.07, 6.45) is 0.959. The molecular weight excluding hydrogens is 302 g/mol. The Bertz CT molecular complexity index is 661. The number of para-hydroxylation sites is 1. The SMILES string of the molecule is CCCNc1c(NC(=O)COCC)c(Cl)nc2ccccc12. The van der Waals surface area contributed by atoms with Crippen LogP contribution < -0.4 is 10.6 Å². The summed E-state index contributed by atoms with van der Waals surface area (Å²) in [6.45, 7) is 5.17. The predicted octanol–water partition coefficient (Wildman–Crippen LogP) is 3.69. The smallest absolute Gasteiger partial charge is 0.250 e. The van der Waals surface area contributed by atoms with E-state index in [1.54, 1.807) is 0 Å². The third-order valence-corrected chi connectivity index (χ3v) is 3.38. The topological polar surface area (TPSA) is 63.2 Å². The van der Waals surface area contributed by atoms with Crippen LogP contribution in [0.4, 0.5) is 11.4 Å². The molecule has 2 rings (SSSR count). The average molecular weight is 322 g/mol. The number of rotatable bonds is 7. The Balaban J connectivity index is 2.41. The first-order valence-corrected chi connectivity index (χ1v) is 7.74. The van der Waals surface area contributed by atoms with Crippen molar-refractivity contribution >= 4 is 39.8 Å². The van der Waals surface area contributed by atoms with Gasteiger partial charge in [-0.2, -0.15) is 0 Å². The zero-order chi connectivity index (χ0) is 15.9. The lowest BCUT2D eigenvalue weighted by Gasteiger charge is -2.16. The molecule has 0 fully saturated rings. The number of aromatic nitrogens is 1. The van der Waals surface area contributed by atoms with Crippen LogP contribution in [0.1, 0.15) is 20.3 Å². The van der Waals surface area contributed by atoms with Crippen molar-refractivity contribution in [2.75, 3.05) is 30.4 Å². The van der Waals surface area contributed by atoms with E-state index in [1.165, 1.54) is 0 Å². The van der Waals surface area contributed by atoms with Crippen molar-refractivity contribution in [3.05, 3.63) is 29.4 Å². The summed E-state index contributed by atoms with van der Waals surface area (Å²) < 4.78 is 5.12. The average Bonchev–Trinajstić information content (AvgIpc) is 2.52. The fourth-order valence-corrected chi connectivity index (χ4v) is 2.33. The molecule has 0 bridgehead atoms. The summed E-state index contributed by atoms with van der Waals surface area (Å²) in [5, 5.41) is 7.31. The maximum atomic E-state index is 11.9. The van der Waals surface area contributed by atoms with Gasteiger partial charge in [-0.25, -0.2) is 4.98 Å². The van der Waals surface area contributed by atoms with E-state index in [1.807, 2.05) is 31.2 Å². The van der Waals surface area contributed by atoms with Gasteiger partial charge in [-0.05, 0) is 19.4 Å². The van der Waals surface area contributed by atoms with E-state index < -0.39 is 0 Å². The van der Waals surface area contributed by atoms with Crippen molar-refractivity contribution in [1.82, 2.24) is 4.98 Å².